The molecule has 13 heteroatoms. The van der Waals surface area contributed by atoms with Crippen LogP contribution in [0.25, 0.3) is 16.9 Å². The fourth-order valence-corrected chi connectivity index (χ4v) is 3.84. The first-order valence-electron chi connectivity index (χ1n) is 11.6. The molecule has 5 rings (SSSR count). The van der Waals surface area contributed by atoms with Crippen molar-refractivity contribution in [2.24, 2.45) is 0 Å². The van der Waals surface area contributed by atoms with Gasteiger partial charge in [-0.1, -0.05) is 18.2 Å². The van der Waals surface area contributed by atoms with Crippen molar-refractivity contribution >= 4 is 22.9 Å². The van der Waals surface area contributed by atoms with Crippen molar-refractivity contribution in [1.29, 1.82) is 0 Å². The first-order chi connectivity index (χ1) is 19.1. The quantitative estimate of drug-likeness (QED) is 0.185. The summed E-state index contributed by atoms with van der Waals surface area (Å²) >= 11 is 0. The zero-order valence-electron chi connectivity index (χ0n) is 20.5. The predicted molar refractivity (Wildman–Crippen MR) is 138 cm³/mol. The van der Waals surface area contributed by atoms with Gasteiger partial charge in [0, 0.05) is 23.8 Å². The zero-order chi connectivity index (χ0) is 28.4. The molecule has 0 aliphatic rings. The second kappa shape index (κ2) is 10.4. The Kier molecular flexibility index (Phi) is 6.78. The van der Waals surface area contributed by atoms with Crippen LogP contribution < -0.4 is 14.8 Å². The average molecular weight is 549 g/mol. The number of benzene rings is 3. The van der Waals surface area contributed by atoms with Crippen LogP contribution in [-0.2, 0) is 6.18 Å². The molecule has 10 nitrogen and oxygen atoms in total. The van der Waals surface area contributed by atoms with Gasteiger partial charge in [-0.15, -0.1) is 0 Å². The van der Waals surface area contributed by atoms with E-state index in [9.17, 15) is 28.1 Å². The maximum atomic E-state index is 13.9. The third-order valence-electron chi connectivity index (χ3n) is 5.67. The Balaban J connectivity index is 1.49. The highest BCUT2D eigenvalue weighted by Crippen LogP contribution is 2.33. The van der Waals surface area contributed by atoms with Crippen LogP contribution in [0.5, 0.6) is 17.2 Å². The zero-order valence-corrected chi connectivity index (χ0v) is 20.5. The number of amides is 1. The summed E-state index contributed by atoms with van der Waals surface area (Å²) in [4.78, 5) is 28.0. The summed E-state index contributed by atoms with van der Waals surface area (Å²) in [6.07, 6.45) is -4.81. The van der Waals surface area contributed by atoms with E-state index >= 15 is 0 Å². The number of ether oxygens (including phenoxy) is 2. The fraction of sp³-hybridized carbons (Fsp3) is 0.0741. The van der Waals surface area contributed by atoms with E-state index in [1.165, 1.54) is 19.2 Å². The number of non-ortho nitro benzene ring substituents is 1. The number of para-hydroxylation sites is 1. The van der Waals surface area contributed by atoms with Crippen LogP contribution in [0.3, 0.4) is 0 Å². The summed E-state index contributed by atoms with van der Waals surface area (Å²) in [7, 11) is 1.46. The van der Waals surface area contributed by atoms with Crippen LogP contribution in [0, 0.1) is 10.1 Å². The van der Waals surface area contributed by atoms with Gasteiger partial charge in [-0.25, -0.2) is 9.50 Å². The number of hydrogen-bond acceptors (Lipinski definition) is 7. The number of nitro groups is 1. The van der Waals surface area contributed by atoms with Crippen molar-refractivity contribution in [1.82, 2.24) is 14.6 Å². The number of methoxy groups -OCH3 is 1. The van der Waals surface area contributed by atoms with Crippen LogP contribution in [0.1, 0.15) is 16.2 Å². The number of carbonyl (C=O) groups excluding carboxylic acids is 1. The molecule has 0 saturated carbocycles. The van der Waals surface area contributed by atoms with E-state index in [1.807, 2.05) is 0 Å². The number of nitrogens with one attached hydrogen (secondary N) is 1. The number of fused-ring (bicyclic) bond motifs is 1. The summed E-state index contributed by atoms with van der Waals surface area (Å²) < 4.78 is 53.1. The number of alkyl halides is 3. The number of aromatic nitrogens is 3. The standard InChI is InChI=1S/C27H18F3N5O5/c1-39-19-9-7-16(8-10-19)22-14-24(27(28,29)30)34-25(32-22)15-23(33-34)26(36)31-17-11-18(35(37)38)13-21(12-17)40-20-5-3-2-4-6-20/h2-15H,1H3,(H,31,36). The number of carbonyl (C=O) groups is 1. The second-order valence-electron chi connectivity index (χ2n) is 8.39. The molecule has 0 spiro atoms. The number of nitro benzene ring substituents is 1. The molecular formula is C27H18F3N5O5. The first kappa shape index (κ1) is 26.2. The van der Waals surface area contributed by atoms with Gasteiger partial charge < -0.3 is 14.8 Å². The molecule has 40 heavy (non-hydrogen) atoms. The van der Waals surface area contributed by atoms with Crippen molar-refractivity contribution in [2.45, 2.75) is 6.18 Å². The van der Waals surface area contributed by atoms with E-state index in [-0.39, 0.29) is 34.2 Å². The van der Waals surface area contributed by atoms with Crippen LogP contribution in [0.15, 0.2) is 84.9 Å². The van der Waals surface area contributed by atoms with Gasteiger partial charge in [-0.3, -0.25) is 14.9 Å². The maximum Gasteiger partial charge on any atom is 0.433 e. The number of nitrogens with zero attached hydrogens (tertiary/aromatic N) is 4. The minimum Gasteiger partial charge on any atom is -0.497 e. The molecule has 3 aromatic carbocycles. The highest BCUT2D eigenvalue weighted by Gasteiger charge is 2.35. The molecule has 1 N–H and O–H groups in total. The maximum absolute atomic E-state index is 13.9. The van der Waals surface area contributed by atoms with Gasteiger partial charge in [0.25, 0.3) is 11.6 Å². The van der Waals surface area contributed by atoms with Gasteiger partial charge in [-0.2, -0.15) is 18.3 Å². The van der Waals surface area contributed by atoms with Gasteiger partial charge in [0.05, 0.1) is 29.5 Å². The Labute approximate surface area is 223 Å². The van der Waals surface area contributed by atoms with Gasteiger partial charge in [0.1, 0.15) is 17.2 Å². The van der Waals surface area contributed by atoms with E-state index in [4.69, 9.17) is 9.47 Å². The van der Waals surface area contributed by atoms with Gasteiger partial charge in [0.2, 0.25) is 0 Å². The van der Waals surface area contributed by atoms with Crippen LogP contribution in [0.4, 0.5) is 24.5 Å². The number of anilines is 1. The second-order valence-corrected chi connectivity index (χ2v) is 8.39. The average Bonchev–Trinajstić information content (AvgIpc) is 3.37. The molecule has 1 amide bonds. The van der Waals surface area contributed by atoms with Crippen molar-refractivity contribution in [3.05, 3.63) is 106 Å². The third-order valence-corrected chi connectivity index (χ3v) is 5.67. The predicted octanol–water partition coefficient (Wildman–Crippen LogP) is 6.38. The van der Waals surface area contributed by atoms with Crippen LogP contribution >= 0.6 is 0 Å². The van der Waals surface area contributed by atoms with E-state index < -0.39 is 22.7 Å². The molecule has 0 radical (unpaired) electrons. The third kappa shape index (κ3) is 5.53. The summed E-state index contributed by atoms with van der Waals surface area (Å²) in [5.41, 5.74) is -1.75. The Morgan fingerprint density at radius 1 is 0.950 bits per heavy atom. The van der Waals surface area contributed by atoms with Crippen molar-refractivity contribution in [3.8, 4) is 28.5 Å². The van der Waals surface area contributed by atoms with E-state index in [0.29, 0.717) is 21.6 Å². The first-order valence-corrected chi connectivity index (χ1v) is 11.6. The molecule has 0 saturated heterocycles. The summed E-state index contributed by atoms with van der Waals surface area (Å²) in [5.74, 6) is 0.0772. The molecule has 0 atom stereocenters. The monoisotopic (exact) mass is 549 g/mol. The lowest BCUT2D eigenvalue weighted by atomic mass is 10.1. The fourth-order valence-electron chi connectivity index (χ4n) is 3.84. The molecule has 0 aliphatic heterocycles. The van der Waals surface area contributed by atoms with Crippen LogP contribution in [-0.4, -0.2) is 32.5 Å². The smallest absolute Gasteiger partial charge is 0.433 e. The van der Waals surface area contributed by atoms with Crippen molar-refractivity contribution in [2.75, 3.05) is 12.4 Å². The SMILES string of the molecule is COc1ccc(-c2cc(C(F)(F)F)n3nc(C(=O)Nc4cc(Oc5ccccc5)cc([N+](=O)[O-])c4)cc3n2)cc1. The molecular weight excluding hydrogens is 531 g/mol. The molecule has 5 aromatic rings. The molecule has 202 valence electrons. The molecule has 0 unspecified atom stereocenters. The molecule has 0 fully saturated rings. The van der Waals surface area contributed by atoms with Gasteiger partial charge in [0.15, 0.2) is 17.0 Å². The van der Waals surface area contributed by atoms with E-state index in [0.717, 1.165) is 18.2 Å². The largest absolute Gasteiger partial charge is 0.497 e. The van der Waals surface area contributed by atoms with Crippen molar-refractivity contribution in [3.63, 3.8) is 0 Å². The summed E-state index contributed by atoms with van der Waals surface area (Å²) in [5, 5.41) is 17.7. The topological polar surface area (TPSA) is 121 Å². The minimum absolute atomic E-state index is 0.00993. The van der Waals surface area contributed by atoms with Crippen molar-refractivity contribution < 1.29 is 32.4 Å². The Morgan fingerprint density at radius 2 is 1.68 bits per heavy atom. The Hall–Kier alpha value is -5.46. The number of halogens is 3. The van der Waals surface area contributed by atoms with Crippen LogP contribution in [0.2, 0.25) is 0 Å². The lowest BCUT2D eigenvalue weighted by molar-refractivity contribution is -0.384. The summed E-state index contributed by atoms with van der Waals surface area (Å²) in [6.45, 7) is 0. The Morgan fingerprint density at radius 3 is 2.33 bits per heavy atom. The highest BCUT2D eigenvalue weighted by atomic mass is 19.4. The lowest BCUT2D eigenvalue weighted by Gasteiger charge is -2.11. The molecule has 0 bridgehead atoms. The van der Waals surface area contributed by atoms with E-state index in [1.54, 1.807) is 54.6 Å². The molecule has 2 aromatic heterocycles. The molecule has 0 aliphatic carbocycles. The van der Waals surface area contributed by atoms with E-state index in [2.05, 4.69) is 15.4 Å². The highest BCUT2D eigenvalue weighted by molar-refractivity contribution is 6.03. The summed E-state index contributed by atoms with van der Waals surface area (Å²) in [6, 6.07) is 20.3. The normalized spacial score (nSPS) is 11.3. The van der Waals surface area contributed by atoms with Gasteiger partial charge >= 0.3 is 6.18 Å². The Bertz CT molecular complexity index is 1720. The lowest BCUT2D eigenvalue weighted by Crippen LogP contribution is -2.16. The number of hydrogen-bond donors (Lipinski definition) is 1. The minimum atomic E-state index is -4.81. The van der Waals surface area contributed by atoms with Gasteiger partial charge in [-0.05, 0) is 42.5 Å². The molecule has 2 heterocycles. The number of rotatable bonds is 7.